The minimum Gasteiger partial charge on any atom is -0.300 e. The Balaban J connectivity index is 1.98. The molecule has 0 radical (unpaired) electrons. The van der Waals surface area contributed by atoms with Crippen molar-refractivity contribution in [3.8, 4) is 0 Å². The van der Waals surface area contributed by atoms with E-state index in [1.54, 1.807) is 0 Å². The third-order valence-corrected chi connectivity index (χ3v) is 4.27. The van der Waals surface area contributed by atoms with Crippen molar-refractivity contribution >= 4 is 15.9 Å². The minimum absolute atomic E-state index is 0.628. The van der Waals surface area contributed by atoms with E-state index in [-0.39, 0.29) is 0 Å². The standard InChI is InChI=1S/C15H22BrN/c1-2-10-17(15-8-9-15)12-14(11-16)13-6-4-3-5-7-13/h3-7,14-15H,2,8-12H2,1H3. The third-order valence-electron chi connectivity index (χ3n) is 3.49. The van der Waals surface area contributed by atoms with E-state index in [2.05, 4.69) is 58.1 Å². The summed E-state index contributed by atoms with van der Waals surface area (Å²) in [5, 5.41) is 1.06. The molecule has 0 amide bonds. The molecule has 17 heavy (non-hydrogen) atoms. The van der Waals surface area contributed by atoms with E-state index in [1.807, 2.05) is 0 Å². The molecule has 94 valence electrons. The molecule has 1 unspecified atom stereocenters. The van der Waals surface area contributed by atoms with Crippen molar-refractivity contribution in [1.82, 2.24) is 4.90 Å². The van der Waals surface area contributed by atoms with Crippen molar-refractivity contribution in [3.63, 3.8) is 0 Å². The predicted octanol–water partition coefficient (Wildman–Crippen LogP) is 4.04. The largest absolute Gasteiger partial charge is 0.300 e. The van der Waals surface area contributed by atoms with Gasteiger partial charge in [0, 0.05) is 23.8 Å². The summed E-state index contributed by atoms with van der Waals surface area (Å²) in [5.41, 5.74) is 1.46. The highest BCUT2D eigenvalue weighted by atomic mass is 79.9. The first kappa shape index (κ1) is 13.1. The first-order valence-electron chi connectivity index (χ1n) is 6.70. The second kappa shape index (κ2) is 6.55. The summed E-state index contributed by atoms with van der Waals surface area (Å²) in [5.74, 6) is 0.628. The number of hydrogen-bond acceptors (Lipinski definition) is 1. The molecule has 1 aromatic rings. The molecule has 0 N–H and O–H groups in total. The van der Waals surface area contributed by atoms with Crippen LogP contribution in [0.2, 0.25) is 0 Å². The highest BCUT2D eigenvalue weighted by Crippen LogP contribution is 2.30. The third kappa shape index (κ3) is 3.82. The Morgan fingerprint density at radius 2 is 2.00 bits per heavy atom. The van der Waals surface area contributed by atoms with E-state index in [9.17, 15) is 0 Å². The lowest BCUT2D eigenvalue weighted by Crippen LogP contribution is -2.32. The van der Waals surface area contributed by atoms with Crippen LogP contribution in [0.25, 0.3) is 0 Å². The monoisotopic (exact) mass is 295 g/mol. The first-order valence-corrected chi connectivity index (χ1v) is 7.82. The summed E-state index contributed by atoms with van der Waals surface area (Å²) in [4.78, 5) is 2.68. The molecule has 0 bridgehead atoms. The van der Waals surface area contributed by atoms with Gasteiger partial charge in [-0.05, 0) is 31.4 Å². The molecule has 1 atom stereocenters. The van der Waals surface area contributed by atoms with Gasteiger partial charge in [0.05, 0.1) is 0 Å². The summed E-state index contributed by atoms with van der Waals surface area (Å²) in [7, 11) is 0. The number of rotatable bonds is 7. The van der Waals surface area contributed by atoms with Crippen molar-refractivity contribution in [2.75, 3.05) is 18.4 Å². The van der Waals surface area contributed by atoms with Crippen molar-refractivity contribution in [2.45, 2.75) is 38.1 Å². The normalized spacial score (nSPS) is 17.4. The zero-order valence-corrected chi connectivity index (χ0v) is 12.2. The van der Waals surface area contributed by atoms with Crippen LogP contribution in [0.1, 0.15) is 37.7 Å². The number of nitrogens with zero attached hydrogens (tertiary/aromatic N) is 1. The Bertz CT molecular complexity index is 321. The molecule has 0 heterocycles. The summed E-state index contributed by atoms with van der Waals surface area (Å²) in [6, 6.07) is 11.8. The molecule has 1 aromatic carbocycles. The quantitative estimate of drug-likeness (QED) is 0.686. The van der Waals surface area contributed by atoms with Gasteiger partial charge in [0.1, 0.15) is 0 Å². The van der Waals surface area contributed by atoms with Gasteiger partial charge in [-0.3, -0.25) is 4.90 Å². The molecule has 1 nitrogen and oxygen atoms in total. The van der Waals surface area contributed by atoms with E-state index < -0.39 is 0 Å². The van der Waals surface area contributed by atoms with Crippen LogP contribution in [0.4, 0.5) is 0 Å². The zero-order valence-electron chi connectivity index (χ0n) is 10.6. The number of alkyl halides is 1. The molecule has 1 aliphatic rings. The highest BCUT2D eigenvalue weighted by molar-refractivity contribution is 9.09. The van der Waals surface area contributed by atoms with Crippen LogP contribution >= 0.6 is 15.9 Å². The highest BCUT2D eigenvalue weighted by Gasteiger charge is 2.29. The summed E-state index contributed by atoms with van der Waals surface area (Å²) in [6.07, 6.45) is 4.08. The smallest absolute Gasteiger partial charge is 0.0112 e. The Hall–Kier alpha value is -0.340. The van der Waals surface area contributed by atoms with Crippen LogP contribution in [-0.4, -0.2) is 29.4 Å². The molecular weight excluding hydrogens is 274 g/mol. The van der Waals surface area contributed by atoms with Gasteiger partial charge >= 0.3 is 0 Å². The van der Waals surface area contributed by atoms with Gasteiger partial charge < -0.3 is 0 Å². The van der Waals surface area contributed by atoms with Crippen LogP contribution in [0.15, 0.2) is 30.3 Å². The number of benzene rings is 1. The van der Waals surface area contributed by atoms with Crippen molar-refractivity contribution in [2.24, 2.45) is 0 Å². The average molecular weight is 296 g/mol. The van der Waals surface area contributed by atoms with Crippen molar-refractivity contribution in [3.05, 3.63) is 35.9 Å². The van der Waals surface area contributed by atoms with Crippen molar-refractivity contribution in [1.29, 1.82) is 0 Å². The second-order valence-electron chi connectivity index (χ2n) is 4.99. The lowest BCUT2D eigenvalue weighted by atomic mass is 10.0. The minimum atomic E-state index is 0.628. The second-order valence-corrected chi connectivity index (χ2v) is 5.64. The molecule has 0 saturated heterocycles. The average Bonchev–Trinajstić information content (AvgIpc) is 3.20. The Labute approximate surface area is 113 Å². The molecule has 1 saturated carbocycles. The molecule has 0 spiro atoms. The van der Waals surface area contributed by atoms with E-state index in [0.29, 0.717) is 5.92 Å². The van der Waals surface area contributed by atoms with Crippen LogP contribution in [-0.2, 0) is 0 Å². The Morgan fingerprint density at radius 3 is 2.53 bits per heavy atom. The zero-order chi connectivity index (χ0) is 12.1. The molecule has 2 rings (SSSR count). The van der Waals surface area contributed by atoms with E-state index in [4.69, 9.17) is 0 Å². The Kier molecular flexibility index (Phi) is 5.05. The first-order chi connectivity index (χ1) is 8.35. The van der Waals surface area contributed by atoms with E-state index >= 15 is 0 Å². The lowest BCUT2D eigenvalue weighted by molar-refractivity contribution is 0.252. The van der Waals surface area contributed by atoms with Crippen LogP contribution in [0.5, 0.6) is 0 Å². The lowest BCUT2D eigenvalue weighted by Gasteiger charge is -2.26. The summed E-state index contributed by atoms with van der Waals surface area (Å²) < 4.78 is 0. The van der Waals surface area contributed by atoms with Gasteiger partial charge in [-0.1, -0.05) is 53.2 Å². The summed E-state index contributed by atoms with van der Waals surface area (Å²) in [6.45, 7) is 4.73. The molecule has 0 aliphatic heterocycles. The van der Waals surface area contributed by atoms with E-state index in [0.717, 1.165) is 11.4 Å². The fourth-order valence-electron chi connectivity index (χ4n) is 2.40. The molecule has 2 heteroatoms. The molecule has 1 fully saturated rings. The van der Waals surface area contributed by atoms with Gasteiger partial charge in [-0.15, -0.1) is 0 Å². The SMILES string of the molecule is CCCN(CC(CBr)c1ccccc1)C1CC1. The Morgan fingerprint density at radius 1 is 1.29 bits per heavy atom. The van der Waals surface area contributed by atoms with Gasteiger partial charge in [0.15, 0.2) is 0 Å². The van der Waals surface area contributed by atoms with Crippen LogP contribution < -0.4 is 0 Å². The van der Waals surface area contributed by atoms with Gasteiger partial charge in [-0.25, -0.2) is 0 Å². The topological polar surface area (TPSA) is 3.24 Å². The van der Waals surface area contributed by atoms with Crippen LogP contribution in [0, 0.1) is 0 Å². The maximum absolute atomic E-state index is 3.68. The van der Waals surface area contributed by atoms with Crippen molar-refractivity contribution < 1.29 is 0 Å². The summed E-state index contributed by atoms with van der Waals surface area (Å²) >= 11 is 3.68. The van der Waals surface area contributed by atoms with Crippen LogP contribution in [0.3, 0.4) is 0 Å². The molecular formula is C15H22BrN. The maximum atomic E-state index is 3.68. The van der Waals surface area contributed by atoms with Gasteiger partial charge in [0.25, 0.3) is 0 Å². The predicted molar refractivity (Wildman–Crippen MR) is 77.9 cm³/mol. The van der Waals surface area contributed by atoms with Gasteiger partial charge in [-0.2, -0.15) is 0 Å². The number of hydrogen-bond donors (Lipinski definition) is 0. The number of halogens is 1. The van der Waals surface area contributed by atoms with E-state index in [1.165, 1.54) is 37.9 Å². The van der Waals surface area contributed by atoms with Gasteiger partial charge in [0.2, 0.25) is 0 Å². The molecule has 1 aliphatic carbocycles. The fourth-order valence-corrected chi connectivity index (χ4v) is 2.98. The molecule has 0 aromatic heterocycles. The maximum Gasteiger partial charge on any atom is 0.0112 e. The fraction of sp³-hybridized carbons (Fsp3) is 0.600.